The molecule has 0 unspecified atom stereocenters. The molecule has 0 aromatic heterocycles. The Morgan fingerprint density at radius 3 is 2.50 bits per heavy atom. The van der Waals surface area contributed by atoms with Crippen LogP contribution < -0.4 is 10.6 Å². The lowest BCUT2D eigenvalue weighted by Crippen LogP contribution is -2.35. The fraction of sp³-hybridized carbons (Fsp3) is 0.364. The van der Waals surface area contributed by atoms with E-state index in [9.17, 15) is 8.42 Å². The molecule has 0 radical (unpaired) electrons. The van der Waals surface area contributed by atoms with Crippen LogP contribution in [0.15, 0.2) is 30.3 Å². The zero-order chi connectivity index (χ0) is 13.4. The second-order valence-corrected chi connectivity index (χ2v) is 5.71. The molecule has 1 aromatic rings. The molecule has 1 aromatic carbocycles. The number of hydrogen-bond donors (Lipinski definition) is 3. The topological polar surface area (TPSA) is 78.4 Å². The van der Waals surface area contributed by atoms with E-state index in [-0.39, 0.29) is 5.75 Å². The highest BCUT2D eigenvalue weighted by Crippen LogP contribution is 1.96. The van der Waals surface area contributed by atoms with Gasteiger partial charge in [-0.15, -0.1) is 0 Å². The molecule has 0 aliphatic carbocycles. The van der Waals surface area contributed by atoms with Gasteiger partial charge in [0.2, 0.25) is 0 Å². The predicted octanol–water partition coefficient (Wildman–Crippen LogP) is 0.929. The summed E-state index contributed by atoms with van der Waals surface area (Å²) in [5, 5.41) is 6.34. The van der Waals surface area contributed by atoms with Crippen LogP contribution in [-0.4, -0.2) is 30.4 Å². The first kappa shape index (κ1) is 14.9. The Kier molecular flexibility index (Phi) is 6.03. The molecular formula is C11H16N2O3S2. The van der Waals surface area contributed by atoms with Crippen LogP contribution in [0.1, 0.15) is 12.0 Å². The fourth-order valence-electron chi connectivity index (χ4n) is 1.30. The van der Waals surface area contributed by atoms with E-state index < -0.39 is 10.1 Å². The Balaban J connectivity index is 2.15. The van der Waals surface area contributed by atoms with Gasteiger partial charge >= 0.3 is 0 Å². The van der Waals surface area contributed by atoms with E-state index in [2.05, 4.69) is 10.6 Å². The van der Waals surface area contributed by atoms with Crippen molar-refractivity contribution in [1.82, 2.24) is 10.6 Å². The number of hydrogen-bond acceptors (Lipinski definition) is 3. The molecule has 0 saturated carbocycles. The molecule has 18 heavy (non-hydrogen) atoms. The van der Waals surface area contributed by atoms with Crippen LogP contribution in [0.2, 0.25) is 0 Å². The van der Waals surface area contributed by atoms with E-state index >= 15 is 0 Å². The van der Waals surface area contributed by atoms with Crippen molar-refractivity contribution in [3.8, 4) is 0 Å². The number of thiocarbonyl (C=S) groups is 1. The molecule has 0 bridgehead atoms. The Morgan fingerprint density at radius 2 is 1.89 bits per heavy atom. The molecular weight excluding hydrogens is 272 g/mol. The van der Waals surface area contributed by atoms with Crippen molar-refractivity contribution >= 4 is 27.4 Å². The first-order valence-corrected chi connectivity index (χ1v) is 7.50. The highest BCUT2D eigenvalue weighted by Gasteiger charge is 2.03. The maximum Gasteiger partial charge on any atom is 0.264 e. The van der Waals surface area contributed by atoms with Gasteiger partial charge in [0, 0.05) is 13.1 Å². The lowest BCUT2D eigenvalue weighted by atomic mass is 10.2. The summed E-state index contributed by atoms with van der Waals surface area (Å²) in [6, 6.07) is 9.79. The largest absolute Gasteiger partial charge is 0.363 e. The minimum absolute atomic E-state index is 0.263. The van der Waals surface area contributed by atoms with Crippen LogP contribution in [0.3, 0.4) is 0 Å². The van der Waals surface area contributed by atoms with Crippen molar-refractivity contribution in [1.29, 1.82) is 0 Å². The van der Waals surface area contributed by atoms with Crippen LogP contribution >= 0.6 is 12.2 Å². The lowest BCUT2D eigenvalue weighted by Gasteiger charge is -2.09. The van der Waals surface area contributed by atoms with Gasteiger partial charge in [0.1, 0.15) is 0 Å². The zero-order valence-electron chi connectivity index (χ0n) is 9.80. The van der Waals surface area contributed by atoms with Gasteiger partial charge in [0.25, 0.3) is 10.1 Å². The number of rotatable bonds is 6. The molecule has 100 valence electrons. The van der Waals surface area contributed by atoms with Crippen molar-refractivity contribution in [3.63, 3.8) is 0 Å². The number of nitrogens with one attached hydrogen (secondary N) is 2. The molecule has 0 aliphatic rings. The summed E-state index contributed by atoms with van der Waals surface area (Å²) in [7, 11) is -3.88. The highest BCUT2D eigenvalue weighted by atomic mass is 32.2. The number of benzene rings is 1. The summed E-state index contributed by atoms with van der Waals surface area (Å²) in [5.74, 6) is -0.263. The van der Waals surface area contributed by atoms with E-state index in [1.807, 2.05) is 30.3 Å². The van der Waals surface area contributed by atoms with Crippen LogP contribution in [0.5, 0.6) is 0 Å². The van der Waals surface area contributed by atoms with Crippen molar-refractivity contribution < 1.29 is 13.0 Å². The van der Waals surface area contributed by atoms with Crippen molar-refractivity contribution in [3.05, 3.63) is 35.9 Å². The summed E-state index contributed by atoms with van der Waals surface area (Å²) in [4.78, 5) is 0. The Hall–Kier alpha value is -1.18. The van der Waals surface area contributed by atoms with E-state index in [1.54, 1.807) is 0 Å². The second kappa shape index (κ2) is 7.30. The zero-order valence-corrected chi connectivity index (χ0v) is 11.4. The first-order valence-electron chi connectivity index (χ1n) is 5.48. The van der Waals surface area contributed by atoms with E-state index in [4.69, 9.17) is 16.8 Å². The first-order chi connectivity index (χ1) is 8.47. The molecule has 0 saturated heterocycles. The Morgan fingerprint density at radius 1 is 1.22 bits per heavy atom. The quantitative estimate of drug-likeness (QED) is 0.410. The summed E-state index contributed by atoms with van der Waals surface area (Å²) in [6.45, 7) is 1.02. The van der Waals surface area contributed by atoms with Gasteiger partial charge in [0.15, 0.2) is 5.11 Å². The third kappa shape index (κ3) is 7.21. The highest BCUT2D eigenvalue weighted by molar-refractivity contribution is 7.85. The van der Waals surface area contributed by atoms with Crippen molar-refractivity contribution in [2.45, 2.75) is 13.0 Å². The normalized spacial score (nSPS) is 10.9. The monoisotopic (exact) mass is 288 g/mol. The van der Waals surface area contributed by atoms with Crippen LogP contribution in [-0.2, 0) is 16.7 Å². The van der Waals surface area contributed by atoms with Gasteiger partial charge in [0.05, 0.1) is 5.75 Å². The molecule has 3 N–H and O–H groups in total. The van der Waals surface area contributed by atoms with Gasteiger partial charge in [-0.1, -0.05) is 30.3 Å². The molecule has 0 amide bonds. The fourth-order valence-corrected chi connectivity index (χ4v) is 1.98. The molecule has 0 heterocycles. The SMILES string of the molecule is O=S(=O)(O)CCCNC(=S)NCc1ccccc1. The molecule has 0 spiro atoms. The summed E-state index contributed by atoms with van der Waals surface area (Å²) in [6.07, 6.45) is 0.311. The summed E-state index contributed by atoms with van der Waals surface area (Å²) >= 11 is 5.03. The summed E-state index contributed by atoms with van der Waals surface area (Å²) in [5.41, 5.74) is 1.11. The molecule has 7 heteroatoms. The average molecular weight is 288 g/mol. The third-order valence-corrected chi connectivity index (χ3v) is 3.25. The summed E-state index contributed by atoms with van der Waals surface area (Å²) < 4.78 is 29.5. The Labute approximate surface area is 112 Å². The molecule has 0 atom stereocenters. The van der Waals surface area contributed by atoms with Gasteiger partial charge < -0.3 is 10.6 Å². The smallest absolute Gasteiger partial charge is 0.264 e. The third-order valence-electron chi connectivity index (χ3n) is 2.16. The minimum Gasteiger partial charge on any atom is -0.363 e. The molecule has 0 aliphatic heterocycles. The molecule has 0 fully saturated rings. The van der Waals surface area contributed by atoms with Crippen LogP contribution in [0, 0.1) is 0 Å². The van der Waals surface area contributed by atoms with E-state index in [0.717, 1.165) is 5.56 Å². The maximum absolute atomic E-state index is 10.5. The predicted molar refractivity (Wildman–Crippen MR) is 74.9 cm³/mol. The minimum atomic E-state index is -3.88. The van der Waals surface area contributed by atoms with Crippen LogP contribution in [0.25, 0.3) is 0 Å². The van der Waals surface area contributed by atoms with E-state index in [1.165, 1.54) is 0 Å². The Bertz CT molecular complexity index is 474. The van der Waals surface area contributed by atoms with Crippen molar-refractivity contribution in [2.75, 3.05) is 12.3 Å². The molecule has 1 rings (SSSR count). The van der Waals surface area contributed by atoms with Gasteiger partial charge in [-0.25, -0.2) is 0 Å². The van der Waals surface area contributed by atoms with Gasteiger partial charge in [-0.05, 0) is 24.2 Å². The maximum atomic E-state index is 10.5. The van der Waals surface area contributed by atoms with Crippen molar-refractivity contribution in [2.24, 2.45) is 0 Å². The lowest BCUT2D eigenvalue weighted by molar-refractivity contribution is 0.481. The second-order valence-electron chi connectivity index (χ2n) is 3.73. The molecule has 5 nitrogen and oxygen atoms in total. The average Bonchev–Trinajstić information content (AvgIpc) is 2.32. The van der Waals surface area contributed by atoms with Crippen LogP contribution in [0.4, 0.5) is 0 Å². The van der Waals surface area contributed by atoms with E-state index in [0.29, 0.717) is 24.6 Å². The van der Waals surface area contributed by atoms with Gasteiger partial charge in [-0.2, -0.15) is 8.42 Å². The standard InChI is InChI=1S/C11H16N2O3S2/c14-18(15,16)8-4-7-12-11(17)13-9-10-5-2-1-3-6-10/h1-3,5-6H,4,7-9H2,(H2,12,13,17)(H,14,15,16). The van der Waals surface area contributed by atoms with Gasteiger partial charge in [-0.3, -0.25) is 4.55 Å².